The summed E-state index contributed by atoms with van der Waals surface area (Å²) in [7, 11) is 0. The fourth-order valence-corrected chi connectivity index (χ4v) is 2.96. The lowest BCUT2D eigenvalue weighted by molar-refractivity contribution is -0.118. The predicted octanol–water partition coefficient (Wildman–Crippen LogP) is 4.63. The molecule has 108 valence electrons. The molecule has 0 radical (unpaired) electrons. The predicted molar refractivity (Wildman–Crippen MR) is 86.9 cm³/mol. The van der Waals surface area contributed by atoms with Gasteiger partial charge in [-0.15, -0.1) is 0 Å². The standard InChI is InChI=1S/C18H18ClNO/c1-12-9-13(2)11-16(10-12)20-17(21)18(7-8-18)14-3-5-15(19)6-4-14/h3-6,9-11H,7-8H2,1-2H3,(H,20,21). The Morgan fingerprint density at radius 1 is 1.05 bits per heavy atom. The number of nitrogens with one attached hydrogen (secondary N) is 1. The highest BCUT2D eigenvalue weighted by Crippen LogP contribution is 2.49. The van der Waals surface area contributed by atoms with Crippen LogP contribution in [0.3, 0.4) is 0 Å². The molecule has 2 aromatic rings. The van der Waals surface area contributed by atoms with Gasteiger partial charge in [0, 0.05) is 10.7 Å². The molecule has 0 bridgehead atoms. The second kappa shape index (κ2) is 5.19. The Kier molecular flexibility index (Phi) is 3.50. The minimum absolute atomic E-state index is 0.0785. The van der Waals surface area contributed by atoms with E-state index in [2.05, 4.69) is 11.4 Å². The maximum absolute atomic E-state index is 12.7. The van der Waals surface area contributed by atoms with Gasteiger partial charge in [0.1, 0.15) is 0 Å². The molecule has 1 amide bonds. The van der Waals surface area contributed by atoms with Gasteiger partial charge in [-0.25, -0.2) is 0 Å². The minimum atomic E-state index is -0.373. The molecule has 0 saturated heterocycles. The molecule has 0 atom stereocenters. The van der Waals surface area contributed by atoms with Gasteiger partial charge in [-0.2, -0.15) is 0 Å². The zero-order valence-corrected chi connectivity index (χ0v) is 13.0. The van der Waals surface area contributed by atoms with Gasteiger partial charge in [-0.3, -0.25) is 4.79 Å². The molecular formula is C18H18ClNO. The Balaban J connectivity index is 1.83. The van der Waals surface area contributed by atoms with Crippen LogP contribution in [0, 0.1) is 13.8 Å². The van der Waals surface area contributed by atoms with Crippen LogP contribution in [0.1, 0.15) is 29.5 Å². The topological polar surface area (TPSA) is 29.1 Å². The van der Waals surface area contributed by atoms with Gasteiger partial charge < -0.3 is 5.32 Å². The summed E-state index contributed by atoms with van der Waals surface area (Å²) in [5.41, 5.74) is 3.86. The summed E-state index contributed by atoms with van der Waals surface area (Å²) in [5.74, 6) is 0.0785. The van der Waals surface area contributed by atoms with Crippen molar-refractivity contribution in [1.29, 1.82) is 0 Å². The molecule has 2 nitrogen and oxygen atoms in total. The van der Waals surface area contributed by atoms with Crippen LogP contribution in [0.15, 0.2) is 42.5 Å². The molecular weight excluding hydrogens is 282 g/mol. The van der Waals surface area contributed by atoms with E-state index in [9.17, 15) is 4.79 Å². The lowest BCUT2D eigenvalue weighted by Crippen LogP contribution is -2.27. The van der Waals surface area contributed by atoms with Crippen LogP contribution < -0.4 is 5.32 Å². The number of amides is 1. The average Bonchev–Trinajstić information content (AvgIpc) is 3.19. The molecule has 1 saturated carbocycles. The van der Waals surface area contributed by atoms with Crippen LogP contribution in [0.2, 0.25) is 5.02 Å². The van der Waals surface area contributed by atoms with Crippen LogP contribution in [-0.4, -0.2) is 5.91 Å². The number of hydrogen-bond acceptors (Lipinski definition) is 1. The monoisotopic (exact) mass is 299 g/mol. The van der Waals surface area contributed by atoms with Crippen molar-refractivity contribution in [3.05, 3.63) is 64.2 Å². The van der Waals surface area contributed by atoms with Crippen molar-refractivity contribution in [2.24, 2.45) is 0 Å². The lowest BCUT2D eigenvalue weighted by Gasteiger charge is -2.16. The Labute approximate surface area is 130 Å². The number of carbonyl (C=O) groups excluding carboxylic acids is 1. The molecule has 2 aromatic carbocycles. The van der Waals surface area contributed by atoms with E-state index in [-0.39, 0.29) is 11.3 Å². The normalized spacial score (nSPS) is 15.6. The summed E-state index contributed by atoms with van der Waals surface area (Å²) < 4.78 is 0. The van der Waals surface area contributed by atoms with E-state index in [1.54, 1.807) is 0 Å². The maximum Gasteiger partial charge on any atom is 0.235 e. The van der Waals surface area contributed by atoms with Gasteiger partial charge in [0.15, 0.2) is 0 Å². The van der Waals surface area contributed by atoms with Crippen LogP contribution in [0.5, 0.6) is 0 Å². The van der Waals surface area contributed by atoms with Crippen molar-refractivity contribution in [1.82, 2.24) is 0 Å². The SMILES string of the molecule is Cc1cc(C)cc(NC(=O)C2(c3ccc(Cl)cc3)CC2)c1. The minimum Gasteiger partial charge on any atom is -0.325 e. The fourth-order valence-electron chi connectivity index (χ4n) is 2.84. The number of rotatable bonds is 3. The Hall–Kier alpha value is -1.80. The lowest BCUT2D eigenvalue weighted by atomic mass is 9.95. The molecule has 3 heteroatoms. The highest BCUT2D eigenvalue weighted by atomic mass is 35.5. The molecule has 0 unspecified atom stereocenters. The molecule has 1 aliphatic carbocycles. The van der Waals surface area contributed by atoms with Gasteiger partial charge in [-0.05, 0) is 67.6 Å². The highest BCUT2D eigenvalue weighted by Gasteiger charge is 2.51. The van der Waals surface area contributed by atoms with Gasteiger partial charge in [0.2, 0.25) is 5.91 Å². The second-order valence-electron chi connectivity index (χ2n) is 5.92. The molecule has 0 heterocycles. The summed E-state index contributed by atoms with van der Waals surface area (Å²) in [5, 5.41) is 3.77. The maximum atomic E-state index is 12.7. The molecule has 1 aliphatic rings. The van der Waals surface area contributed by atoms with E-state index in [4.69, 9.17) is 11.6 Å². The Bertz CT molecular complexity index is 667. The summed E-state index contributed by atoms with van der Waals surface area (Å²) in [4.78, 5) is 12.7. The number of aryl methyl sites for hydroxylation is 2. The number of anilines is 1. The van der Waals surface area contributed by atoms with Crippen LogP contribution in [0.4, 0.5) is 5.69 Å². The molecule has 21 heavy (non-hydrogen) atoms. The zero-order valence-electron chi connectivity index (χ0n) is 12.2. The third-order valence-corrected chi connectivity index (χ3v) is 4.31. The third kappa shape index (κ3) is 2.81. The number of carbonyl (C=O) groups is 1. The van der Waals surface area contributed by atoms with Crippen molar-refractivity contribution in [2.45, 2.75) is 32.1 Å². The highest BCUT2D eigenvalue weighted by molar-refractivity contribution is 6.30. The van der Waals surface area contributed by atoms with Crippen LogP contribution in [0.25, 0.3) is 0 Å². The van der Waals surface area contributed by atoms with E-state index in [0.29, 0.717) is 5.02 Å². The summed E-state index contributed by atoms with van der Waals surface area (Å²) in [6, 6.07) is 13.7. The van der Waals surface area contributed by atoms with Gasteiger partial charge in [0.25, 0.3) is 0 Å². The van der Waals surface area contributed by atoms with E-state index < -0.39 is 0 Å². The molecule has 3 rings (SSSR count). The van der Waals surface area contributed by atoms with E-state index in [1.165, 1.54) is 0 Å². The van der Waals surface area contributed by atoms with E-state index >= 15 is 0 Å². The van der Waals surface area contributed by atoms with Crippen LogP contribution >= 0.6 is 11.6 Å². The Morgan fingerprint density at radius 3 is 2.14 bits per heavy atom. The first kappa shape index (κ1) is 14.2. The molecule has 1 fully saturated rings. The van der Waals surface area contributed by atoms with Crippen molar-refractivity contribution in [3.63, 3.8) is 0 Å². The number of benzene rings is 2. The average molecular weight is 300 g/mol. The van der Waals surface area contributed by atoms with E-state index in [1.807, 2.05) is 50.2 Å². The molecule has 0 aliphatic heterocycles. The van der Waals surface area contributed by atoms with Gasteiger partial charge in [-0.1, -0.05) is 29.8 Å². The van der Waals surface area contributed by atoms with Crippen molar-refractivity contribution < 1.29 is 4.79 Å². The van der Waals surface area contributed by atoms with Crippen molar-refractivity contribution in [2.75, 3.05) is 5.32 Å². The van der Waals surface area contributed by atoms with E-state index in [0.717, 1.165) is 35.2 Å². The summed E-state index contributed by atoms with van der Waals surface area (Å²) >= 11 is 5.93. The smallest absolute Gasteiger partial charge is 0.235 e. The summed E-state index contributed by atoms with van der Waals surface area (Å²) in [6.07, 6.45) is 1.79. The third-order valence-electron chi connectivity index (χ3n) is 4.06. The van der Waals surface area contributed by atoms with Crippen LogP contribution in [-0.2, 0) is 10.2 Å². The Morgan fingerprint density at radius 2 is 1.62 bits per heavy atom. The molecule has 1 N–H and O–H groups in total. The first-order chi connectivity index (χ1) is 9.99. The summed E-state index contributed by atoms with van der Waals surface area (Å²) in [6.45, 7) is 4.07. The molecule has 0 aromatic heterocycles. The first-order valence-electron chi connectivity index (χ1n) is 7.15. The van der Waals surface area contributed by atoms with Gasteiger partial charge >= 0.3 is 0 Å². The zero-order chi connectivity index (χ0) is 15.0. The van der Waals surface area contributed by atoms with Gasteiger partial charge in [0.05, 0.1) is 5.41 Å². The number of hydrogen-bond donors (Lipinski definition) is 1. The molecule has 0 spiro atoms. The van der Waals surface area contributed by atoms with Crippen molar-refractivity contribution in [3.8, 4) is 0 Å². The first-order valence-corrected chi connectivity index (χ1v) is 7.53. The quantitative estimate of drug-likeness (QED) is 0.880. The largest absolute Gasteiger partial charge is 0.325 e. The number of halogens is 1. The second-order valence-corrected chi connectivity index (χ2v) is 6.36. The fraction of sp³-hybridized carbons (Fsp3) is 0.278. The van der Waals surface area contributed by atoms with Crippen molar-refractivity contribution >= 4 is 23.2 Å².